The number of ether oxygens (including phenoxy) is 1. The van der Waals surface area contributed by atoms with E-state index in [0.29, 0.717) is 5.15 Å². The zero-order chi connectivity index (χ0) is 13.8. The van der Waals surface area contributed by atoms with Crippen LogP contribution in [0.1, 0.15) is 25.6 Å². The Morgan fingerprint density at radius 1 is 1.53 bits per heavy atom. The van der Waals surface area contributed by atoms with Crippen LogP contribution in [0.3, 0.4) is 0 Å². The fraction of sp³-hybridized carbons (Fsp3) is 0.692. The van der Waals surface area contributed by atoms with Gasteiger partial charge in [-0.2, -0.15) is 0 Å². The molecule has 0 saturated carbocycles. The van der Waals surface area contributed by atoms with Gasteiger partial charge in [-0.25, -0.2) is 9.97 Å². The Bertz CT molecular complexity index is 427. The standard InChI is InChI=1S/C13H21ClN4O/c1-9(2)13-16-11(14)6-12(17-13)15-7-10-8-18(3)4-5-19-10/h6,9-10H,4-5,7-8H2,1-3H3,(H,15,16,17). The van der Waals surface area contributed by atoms with Crippen molar-refractivity contribution in [2.45, 2.75) is 25.9 Å². The van der Waals surface area contributed by atoms with Crippen molar-refractivity contribution < 1.29 is 4.74 Å². The van der Waals surface area contributed by atoms with Crippen LogP contribution in [0.15, 0.2) is 6.07 Å². The molecule has 1 aliphatic heterocycles. The van der Waals surface area contributed by atoms with Gasteiger partial charge in [-0.05, 0) is 7.05 Å². The van der Waals surface area contributed by atoms with E-state index in [2.05, 4.69) is 41.1 Å². The molecule has 0 bridgehead atoms. The Kier molecular flexibility index (Phi) is 4.96. The Labute approximate surface area is 119 Å². The minimum Gasteiger partial charge on any atom is -0.374 e. The molecule has 0 spiro atoms. The van der Waals surface area contributed by atoms with Gasteiger partial charge >= 0.3 is 0 Å². The lowest BCUT2D eigenvalue weighted by molar-refractivity contribution is -0.0117. The zero-order valence-electron chi connectivity index (χ0n) is 11.7. The largest absolute Gasteiger partial charge is 0.374 e. The highest BCUT2D eigenvalue weighted by molar-refractivity contribution is 6.29. The molecule has 2 heterocycles. The van der Waals surface area contributed by atoms with Gasteiger partial charge in [0.1, 0.15) is 16.8 Å². The smallest absolute Gasteiger partial charge is 0.135 e. The summed E-state index contributed by atoms with van der Waals surface area (Å²) in [5, 5.41) is 3.76. The Morgan fingerprint density at radius 3 is 3.00 bits per heavy atom. The van der Waals surface area contributed by atoms with Gasteiger partial charge in [0.05, 0.1) is 12.7 Å². The average Bonchev–Trinajstić information content (AvgIpc) is 2.36. The first-order chi connectivity index (χ1) is 9.04. The molecular formula is C13H21ClN4O. The molecule has 2 rings (SSSR count). The van der Waals surface area contributed by atoms with Crippen molar-refractivity contribution in [1.82, 2.24) is 14.9 Å². The number of hydrogen-bond donors (Lipinski definition) is 1. The fourth-order valence-corrected chi connectivity index (χ4v) is 2.18. The lowest BCUT2D eigenvalue weighted by atomic mass is 10.2. The van der Waals surface area contributed by atoms with E-state index in [-0.39, 0.29) is 12.0 Å². The van der Waals surface area contributed by atoms with Crippen molar-refractivity contribution in [3.63, 3.8) is 0 Å². The van der Waals surface area contributed by atoms with E-state index in [1.807, 2.05) is 0 Å². The molecule has 1 aromatic heterocycles. The van der Waals surface area contributed by atoms with Gasteiger partial charge in [0.25, 0.3) is 0 Å². The molecule has 1 aromatic rings. The van der Waals surface area contributed by atoms with Gasteiger partial charge < -0.3 is 15.0 Å². The molecule has 6 heteroatoms. The maximum atomic E-state index is 6.01. The summed E-state index contributed by atoms with van der Waals surface area (Å²) in [4.78, 5) is 10.9. The summed E-state index contributed by atoms with van der Waals surface area (Å²) >= 11 is 6.01. The number of hydrogen-bond acceptors (Lipinski definition) is 5. The van der Waals surface area contributed by atoms with Crippen LogP contribution in [0.4, 0.5) is 5.82 Å². The lowest BCUT2D eigenvalue weighted by Gasteiger charge is -2.30. The van der Waals surface area contributed by atoms with E-state index in [4.69, 9.17) is 16.3 Å². The Balaban J connectivity index is 1.95. The number of nitrogens with zero attached hydrogens (tertiary/aromatic N) is 3. The number of anilines is 1. The van der Waals surface area contributed by atoms with Crippen molar-refractivity contribution in [3.8, 4) is 0 Å². The van der Waals surface area contributed by atoms with Crippen LogP contribution in [0, 0.1) is 0 Å². The Hall–Kier alpha value is -0.910. The van der Waals surface area contributed by atoms with Crippen molar-refractivity contribution >= 4 is 17.4 Å². The van der Waals surface area contributed by atoms with E-state index in [9.17, 15) is 0 Å². The normalized spacial score (nSPS) is 20.8. The third-order valence-electron chi connectivity index (χ3n) is 3.08. The summed E-state index contributed by atoms with van der Waals surface area (Å²) in [6, 6.07) is 1.75. The molecule has 1 atom stereocenters. The molecule has 0 radical (unpaired) electrons. The minimum absolute atomic E-state index is 0.190. The second kappa shape index (κ2) is 6.50. The lowest BCUT2D eigenvalue weighted by Crippen LogP contribution is -2.43. The van der Waals surface area contributed by atoms with Crippen molar-refractivity contribution in [2.24, 2.45) is 0 Å². The van der Waals surface area contributed by atoms with E-state index in [1.165, 1.54) is 0 Å². The molecule has 106 valence electrons. The topological polar surface area (TPSA) is 50.3 Å². The summed E-state index contributed by atoms with van der Waals surface area (Å²) in [5.41, 5.74) is 0. The summed E-state index contributed by atoms with van der Waals surface area (Å²) in [5.74, 6) is 1.79. The van der Waals surface area contributed by atoms with E-state index >= 15 is 0 Å². The maximum Gasteiger partial charge on any atom is 0.135 e. The fourth-order valence-electron chi connectivity index (χ4n) is 1.99. The predicted octanol–water partition coefficient (Wildman–Crippen LogP) is 2.00. The van der Waals surface area contributed by atoms with Crippen LogP contribution in [-0.2, 0) is 4.74 Å². The molecule has 1 fully saturated rings. The molecule has 1 aliphatic rings. The van der Waals surface area contributed by atoms with Gasteiger partial charge in [-0.3, -0.25) is 0 Å². The number of aromatic nitrogens is 2. The highest BCUT2D eigenvalue weighted by Crippen LogP contribution is 2.17. The second-order valence-electron chi connectivity index (χ2n) is 5.22. The van der Waals surface area contributed by atoms with E-state index < -0.39 is 0 Å². The van der Waals surface area contributed by atoms with E-state index in [0.717, 1.165) is 37.9 Å². The zero-order valence-corrected chi connectivity index (χ0v) is 12.4. The van der Waals surface area contributed by atoms with Gasteiger partial charge in [-0.15, -0.1) is 0 Å². The van der Waals surface area contributed by atoms with E-state index in [1.54, 1.807) is 6.07 Å². The number of morpholine rings is 1. The Morgan fingerprint density at radius 2 is 2.32 bits per heavy atom. The number of rotatable bonds is 4. The second-order valence-corrected chi connectivity index (χ2v) is 5.61. The molecule has 1 saturated heterocycles. The van der Waals surface area contributed by atoms with Gasteiger partial charge in [-0.1, -0.05) is 25.4 Å². The third kappa shape index (κ3) is 4.30. The first-order valence-corrected chi connectivity index (χ1v) is 7.01. The van der Waals surface area contributed by atoms with Crippen LogP contribution in [-0.4, -0.2) is 54.3 Å². The molecular weight excluding hydrogens is 264 g/mol. The summed E-state index contributed by atoms with van der Waals surface area (Å²) in [7, 11) is 2.11. The third-order valence-corrected chi connectivity index (χ3v) is 3.27. The molecule has 0 aliphatic carbocycles. The van der Waals surface area contributed by atoms with Crippen LogP contribution in [0.25, 0.3) is 0 Å². The summed E-state index contributed by atoms with van der Waals surface area (Å²) in [6.07, 6.45) is 0.190. The molecule has 19 heavy (non-hydrogen) atoms. The number of nitrogens with one attached hydrogen (secondary N) is 1. The van der Waals surface area contributed by atoms with Gasteiger partial charge in [0.2, 0.25) is 0 Å². The van der Waals surface area contributed by atoms with Crippen molar-refractivity contribution in [1.29, 1.82) is 0 Å². The van der Waals surface area contributed by atoms with Crippen LogP contribution < -0.4 is 5.32 Å². The number of halogens is 1. The minimum atomic E-state index is 0.190. The molecule has 0 aromatic carbocycles. The van der Waals surface area contributed by atoms with Crippen molar-refractivity contribution in [2.75, 3.05) is 38.6 Å². The summed E-state index contributed by atoms with van der Waals surface area (Å²) in [6.45, 7) is 7.54. The molecule has 0 amide bonds. The van der Waals surface area contributed by atoms with Gasteiger partial charge in [0, 0.05) is 31.6 Å². The quantitative estimate of drug-likeness (QED) is 0.857. The predicted molar refractivity (Wildman–Crippen MR) is 76.9 cm³/mol. The summed E-state index contributed by atoms with van der Waals surface area (Å²) < 4.78 is 5.70. The first kappa shape index (κ1) is 14.5. The van der Waals surface area contributed by atoms with Crippen LogP contribution in [0.5, 0.6) is 0 Å². The van der Waals surface area contributed by atoms with Crippen molar-refractivity contribution in [3.05, 3.63) is 17.0 Å². The van der Waals surface area contributed by atoms with Crippen LogP contribution in [0.2, 0.25) is 5.15 Å². The molecule has 1 unspecified atom stereocenters. The SMILES string of the molecule is CC(C)c1nc(Cl)cc(NCC2CN(C)CCO2)n1. The van der Waals surface area contributed by atoms with Crippen LogP contribution >= 0.6 is 11.6 Å². The monoisotopic (exact) mass is 284 g/mol. The molecule has 5 nitrogen and oxygen atoms in total. The van der Waals surface area contributed by atoms with Gasteiger partial charge in [0.15, 0.2) is 0 Å². The highest BCUT2D eigenvalue weighted by Gasteiger charge is 2.17. The average molecular weight is 285 g/mol. The number of likely N-dealkylation sites (N-methyl/N-ethyl adjacent to an activating group) is 1. The maximum absolute atomic E-state index is 6.01. The molecule has 1 N–H and O–H groups in total. The first-order valence-electron chi connectivity index (χ1n) is 6.63. The highest BCUT2D eigenvalue weighted by atomic mass is 35.5.